The van der Waals surface area contributed by atoms with Crippen molar-refractivity contribution in [1.29, 1.82) is 0 Å². The highest BCUT2D eigenvalue weighted by Gasteiger charge is 2.21. The molecule has 0 saturated heterocycles. The van der Waals surface area contributed by atoms with Crippen LogP contribution in [0.15, 0.2) is 6.07 Å². The average Bonchev–Trinajstić information content (AvgIpc) is 2.37. The fourth-order valence-electron chi connectivity index (χ4n) is 2.04. The Kier molecular flexibility index (Phi) is 5.78. The van der Waals surface area contributed by atoms with Crippen LogP contribution in [0.1, 0.15) is 66.6 Å². The Labute approximate surface area is 123 Å². The van der Waals surface area contributed by atoms with Crippen molar-refractivity contribution in [2.75, 3.05) is 17.2 Å². The van der Waals surface area contributed by atoms with E-state index in [1.54, 1.807) is 0 Å². The van der Waals surface area contributed by atoms with Gasteiger partial charge in [-0.05, 0) is 19.8 Å². The van der Waals surface area contributed by atoms with E-state index in [-0.39, 0.29) is 5.41 Å². The summed E-state index contributed by atoms with van der Waals surface area (Å²) in [7, 11) is 0. The minimum Gasteiger partial charge on any atom is -0.384 e. The Hall–Kier alpha value is -1.32. The monoisotopic (exact) mass is 278 g/mol. The summed E-state index contributed by atoms with van der Waals surface area (Å²) >= 11 is 0. The van der Waals surface area contributed by atoms with Gasteiger partial charge in [0.1, 0.15) is 17.5 Å². The van der Waals surface area contributed by atoms with E-state index in [1.807, 2.05) is 6.07 Å². The van der Waals surface area contributed by atoms with E-state index < -0.39 is 0 Å². The molecule has 0 amide bonds. The summed E-state index contributed by atoms with van der Waals surface area (Å²) in [4.78, 5) is 11.5. The Morgan fingerprint density at radius 1 is 1.25 bits per heavy atom. The number of hydrogen-bond donors (Lipinski definition) is 1. The summed E-state index contributed by atoms with van der Waals surface area (Å²) in [6.07, 6.45) is 3.44. The summed E-state index contributed by atoms with van der Waals surface area (Å²) < 4.78 is 0. The van der Waals surface area contributed by atoms with Crippen molar-refractivity contribution in [3.8, 4) is 0 Å². The van der Waals surface area contributed by atoms with Crippen molar-refractivity contribution < 1.29 is 0 Å². The first-order valence-corrected chi connectivity index (χ1v) is 7.71. The van der Waals surface area contributed by atoms with Crippen LogP contribution in [0, 0.1) is 0 Å². The molecule has 0 spiro atoms. The molecule has 1 aromatic rings. The number of unbranched alkanes of at least 4 members (excludes halogenated alkanes) is 1. The van der Waals surface area contributed by atoms with Crippen LogP contribution in [-0.4, -0.2) is 22.6 Å². The van der Waals surface area contributed by atoms with E-state index in [9.17, 15) is 0 Å². The number of aromatic nitrogens is 2. The smallest absolute Gasteiger partial charge is 0.138 e. The van der Waals surface area contributed by atoms with Gasteiger partial charge in [0, 0.05) is 24.1 Å². The largest absolute Gasteiger partial charge is 0.384 e. The lowest BCUT2D eigenvalue weighted by Crippen LogP contribution is -2.35. The van der Waals surface area contributed by atoms with Gasteiger partial charge in [-0.25, -0.2) is 9.97 Å². The van der Waals surface area contributed by atoms with E-state index in [1.165, 1.54) is 12.8 Å². The third-order valence-corrected chi connectivity index (χ3v) is 3.57. The molecular weight excluding hydrogens is 248 g/mol. The van der Waals surface area contributed by atoms with Crippen molar-refractivity contribution in [3.63, 3.8) is 0 Å². The Morgan fingerprint density at radius 3 is 2.40 bits per heavy atom. The van der Waals surface area contributed by atoms with E-state index in [0.29, 0.717) is 11.9 Å². The minimum absolute atomic E-state index is 0.0873. The van der Waals surface area contributed by atoms with Gasteiger partial charge in [0.2, 0.25) is 0 Å². The summed E-state index contributed by atoms with van der Waals surface area (Å²) in [5, 5.41) is 0. The van der Waals surface area contributed by atoms with Gasteiger partial charge < -0.3 is 10.6 Å². The van der Waals surface area contributed by atoms with Gasteiger partial charge in [-0.1, -0.05) is 41.0 Å². The zero-order chi connectivity index (χ0) is 15.3. The molecule has 1 rings (SSSR count). The summed E-state index contributed by atoms with van der Waals surface area (Å²) in [6, 6.07) is 2.36. The highest BCUT2D eigenvalue weighted by atomic mass is 15.2. The average molecular weight is 278 g/mol. The maximum Gasteiger partial charge on any atom is 0.138 e. The molecule has 1 atom stereocenters. The molecule has 1 aromatic heterocycles. The second-order valence-corrected chi connectivity index (χ2v) is 6.53. The lowest BCUT2D eigenvalue weighted by molar-refractivity contribution is 0.537. The van der Waals surface area contributed by atoms with Gasteiger partial charge in [0.05, 0.1) is 0 Å². The van der Waals surface area contributed by atoms with Crippen LogP contribution in [-0.2, 0) is 5.41 Å². The molecule has 114 valence electrons. The Bertz CT molecular complexity index is 423. The molecule has 2 N–H and O–H groups in total. The normalized spacial score (nSPS) is 13.3. The summed E-state index contributed by atoms with van der Waals surface area (Å²) in [6.45, 7) is 14.0. The summed E-state index contributed by atoms with van der Waals surface area (Å²) in [5.74, 6) is 2.34. The van der Waals surface area contributed by atoms with Crippen LogP contribution in [0.2, 0.25) is 0 Å². The van der Waals surface area contributed by atoms with E-state index >= 15 is 0 Å². The number of anilines is 2. The van der Waals surface area contributed by atoms with Crippen LogP contribution in [0.5, 0.6) is 0 Å². The summed E-state index contributed by atoms with van der Waals surface area (Å²) in [5.41, 5.74) is 5.90. The Balaban J connectivity index is 3.15. The number of rotatable bonds is 6. The SMILES string of the molecule is CCCCN(c1cc(N)nc(C(C)(C)C)n1)C(C)CC. The fourth-order valence-corrected chi connectivity index (χ4v) is 2.04. The molecule has 4 nitrogen and oxygen atoms in total. The van der Waals surface area contributed by atoms with Crippen molar-refractivity contribution in [2.45, 2.75) is 72.3 Å². The predicted molar refractivity (Wildman–Crippen MR) is 87.2 cm³/mol. The zero-order valence-electron chi connectivity index (χ0n) is 13.9. The van der Waals surface area contributed by atoms with Gasteiger partial charge in [-0.2, -0.15) is 0 Å². The molecule has 0 radical (unpaired) electrons. The molecule has 0 fully saturated rings. The lowest BCUT2D eigenvalue weighted by Gasteiger charge is -2.31. The first-order valence-electron chi connectivity index (χ1n) is 7.71. The standard InChI is InChI=1S/C16H30N4/c1-7-9-10-20(12(3)8-2)14-11-13(17)18-15(19-14)16(4,5)6/h11-12H,7-10H2,1-6H3,(H2,17,18,19). The first kappa shape index (κ1) is 16.7. The van der Waals surface area contributed by atoms with Crippen LogP contribution in [0.4, 0.5) is 11.6 Å². The van der Waals surface area contributed by atoms with Crippen LogP contribution in [0.25, 0.3) is 0 Å². The number of hydrogen-bond acceptors (Lipinski definition) is 4. The van der Waals surface area contributed by atoms with Gasteiger partial charge in [-0.3, -0.25) is 0 Å². The van der Waals surface area contributed by atoms with E-state index in [2.05, 4.69) is 51.4 Å². The second-order valence-electron chi connectivity index (χ2n) is 6.53. The van der Waals surface area contributed by atoms with Crippen LogP contribution in [0.3, 0.4) is 0 Å². The molecule has 0 bridgehead atoms. The Morgan fingerprint density at radius 2 is 1.90 bits per heavy atom. The zero-order valence-corrected chi connectivity index (χ0v) is 13.9. The molecule has 0 aromatic carbocycles. The molecule has 1 unspecified atom stereocenters. The van der Waals surface area contributed by atoms with Gasteiger partial charge >= 0.3 is 0 Å². The fraction of sp³-hybridized carbons (Fsp3) is 0.750. The molecule has 4 heteroatoms. The molecule has 20 heavy (non-hydrogen) atoms. The molecule has 0 aliphatic rings. The maximum atomic E-state index is 5.99. The third kappa shape index (κ3) is 4.36. The third-order valence-electron chi connectivity index (χ3n) is 3.57. The minimum atomic E-state index is -0.0873. The number of nitrogens with zero attached hydrogens (tertiary/aromatic N) is 3. The first-order chi connectivity index (χ1) is 9.29. The molecule has 0 aliphatic heterocycles. The number of nitrogen functional groups attached to an aromatic ring is 1. The quantitative estimate of drug-likeness (QED) is 0.860. The van der Waals surface area contributed by atoms with Crippen LogP contribution >= 0.6 is 0 Å². The van der Waals surface area contributed by atoms with Gasteiger partial charge in [0.25, 0.3) is 0 Å². The van der Waals surface area contributed by atoms with Crippen molar-refractivity contribution >= 4 is 11.6 Å². The predicted octanol–water partition coefficient (Wildman–Crippen LogP) is 3.76. The maximum absolute atomic E-state index is 5.99. The lowest BCUT2D eigenvalue weighted by atomic mass is 9.95. The second kappa shape index (κ2) is 6.91. The molecular formula is C16H30N4. The van der Waals surface area contributed by atoms with Crippen molar-refractivity contribution in [2.24, 2.45) is 0 Å². The van der Waals surface area contributed by atoms with E-state index in [4.69, 9.17) is 10.7 Å². The van der Waals surface area contributed by atoms with E-state index in [0.717, 1.165) is 24.6 Å². The number of nitrogens with two attached hydrogens (primary N) is 1. The van der Waals surface area contributed by atoms with Crippen LogP contribution < -0.4 is 10.6 Å². The van der Waals surface area contributed by atoms with Gasteiger partial charge in [0.15, 0.2) is 0 Å². The molecule has 0 saturated carbocycles. The van der Waals surface area contributed by atoms with Crippen molar-refractivity contribution in [1.82, 2.24) is 9.97 Å². The highest BCUT2D eigenvalue weighted by Crippen LogP contribution is 2.24. The topological polar surface area (TPSA) is 55.0 Å². The van der Waals surface area contributed by atoms with Crippen molar-refractivity contribution in [3.05, 3.63) is 11.9 Å². The molecule has 1 heterocycles. The molecule has 0 aliphatic carbocycles. The highest BCUT2D eigenvalue weighted by molar-refractivity contribution is 5.48. The van der Waals surface area contributed by atoms with Gasteiger partial charge in [-0.15, -0.1) is 0 Å².